The van der Waals surface area contributed by atoms with Gasteiger partial charge in [-0.1, -0.05) is 19.4 Å². The molecule has 0 aliphatic carbocycles. The number of ether oxygens (including phenoxy) is 1. The molecule has 118 valence electrons. The number of hydrogen-bond acceptors (Lipinski definition) is 4. The lowest BCUT2D eigenvalue weighted by Crippen LogP contribution is -2.39. The fourth-order valence-electron chi connectivity index (χ4n) is 2.74. The number of piperidine rings is 1. The molecule has 6 heteroatoms. The standard InChI is InChI=1S/C15H23NO4S/c1-3-12-5-4-8-16(10-12)21(18,19)15-9-13(11-17)6-7-14(15)20-2/h6-7,9,12,17H,3-5,8,10-11H2,1-2H3. The Balaban J connectivity index is 2.38. The molecular weight excluding hydrogens is 290 g/mol. The van der Waals surface area contributed by atoms with Crippen LogP contribution in [0, 0.1) is 5.92 Å². The predicted molar refractivity (Wildman–Crippen MR) is 80.7 cm³/mol. The van der Waals surface area contributed by atoms with Crippen LogP contribution in [0.5, 0.6) is 5.75 Å². The second-order valence-electron chi connectivity index (χ2n) is 5.42. The molecular formula is C15H23NO4S. The normalized spacial score (nSPS) is 20.4. The summed E-state index contributed by atoms with van der Waals surface area (Å²) in [4.78, 5) is 0.147. The number of hydrogen-bond donors (Lipinski definition) is 1. The van der Waals surface area contributed by atoms with Gasteiger partial charge in [-0.05, 0) is 36.5 Å². The molecule has 1 heterocycles. The average Bonchev–Trinajstić information content (AvgIpc) is 2.54. The predicted octanol–water partition coefficient (Wildman–Crippen LogP) is 2.00. The van der Waals surface area contributed by atoms with Crippen molar-refractivity contribution < 1.29 is 18.3 Å². The van der Waals surface area contributed by atoms with E-state index in [1.165, 1.54) is 13.2 Å². The van der Waals surface area contributed by atoms with Gasteiger partial charge in [0.15, 0.2) is 0 Å². The van der Waals surface area contributed by atoms with Gasteiger partial charge in [-0.3, -0.25) is 0 Å². The molecule has 2 rings (SSSR count). The van der Waals surface area contributed by atoms with Gasteiger partial charge in [0.25, 0.3) is 0 Å². The zero-order valence-corrected chi connectivity index (χ0v) is 13.4. The first-order valence-electron chi connectivity index (χ1n) is 7.30. The third kappa shape index (κ3) is 3.39. The van der Waals surface area contributed by atoms with Crippen molar-refractivity contribution >= 4 is 10.0 Å². The SMILES string of the molecule is CCC1CCCN(S(=O)(=O)c2cc(CO)ccc2OC)C1. The molecule has 1 aromatic carbocycles. The van der Waals surface area contributed by atoms with E-state index in [4.69, 9.17) is 4.74 Å². The zero-order chi connectivity index (χ0) is 15.5. The minimum Gasteiger partial charge on any atom is -0.495 e. The van der Waals surface area contributed by atoms with Gasteiger partial charge in [0.05, 0.1) is 13.7 Å². The van der Waals surface area contributed by atoms with Crippen molar-refractivity contribution in [1.29, 1.82) is 0 Å². The van der Waals surface area contributed by atoms with E-state index in [0.29, 0.717) is 30.3 Å². The summed E-state index contributed by atoms with van der Waals surface area (Å²) in [6.07, 6.45) is 2.95. The summed E-state index contributed by atoms with van der Waals surface area (Å²) in [5.74, 6) is 0.742. The summed E-state index contributed by atoms with van der Waals surface area (Å²) in [6.45, 7) is 3.01. The van der Waals surface area contributed by atoms with E-state index >= 15 is 0 Å². The van der Waals surface area contributed by atoms with Crippen molar-refractivity contribution in [3.63, 3.8) is 0 Å². The number of sulfonamides is 1. The van der Waals surface area contributed by atoms with E-state index in [1.54, 1.807) is 16.4 Å². The molecule has 1 saturated heterocycles. The first kappa shape index (κ1) is 16.3. The highest BCUT2D eigenvalue weighted by molar-refractivity contribution is 7.89. The van der Waals surface area contributed by atoms with E-state index in [2.05, 4.69) is 6.92 Å². The van der Waals surface area contributed by atoms with Crippen molar-refractivity contribution in [2.75, 3.05) is 20.2 Å². The van der Waals surface area contributed by atoms with Gasteiger partial charge in [-0.2, -0.15) is 4.31 Å². The summed E-state index contributed by atoms with van der Waals surface area (Å²) < 4.78 is 32.5. The van der Waals surface area contributed by atoms with E-state index < -0.39 is 10.0 Å². The van der Waals surface area contributed by atoms with E-state index in [9.17, 15) is 13.5 Å². The molecule has 0 bridgehead atoms. The Labute approximate surface area is 126 Å². The highest BCUT2D eigenvalue weighted by Gasteiger charge is 2.31. The Morgan fingerprint density at radius 1 is 1.43 bits per heavy atom. The van der Waals surface area contributed by atoms with Crippen molar-refractivity contribution in [2.24, 2.45) is 5.92 Å². The summed E-state index contributed by atoms with van der Waals surface area (Å²) in [7, 11) is -2.13. The van der Waals surface area contributed by atoms with Crippen LogP contribution in [-0.4, -0.2) is 38.0 Å². The number of methoxy groups -OCH3 is 1. The van der Waals surface area contributed by atoms with Gasteiger partial charge in [0.2, 0.25) is 10.0 Å². The van der Waals surface area contributed by atoms with Gasteiger partial charge >= 0.3 is 0 Å². The highest BCUT2D eigenvalue weighted by atomic mass is 32.2. The molecule has 0 spiro atoms. The van der Waals surface area contributed by atoms with Crippen LogP contribution in [0.1, 0.15) is 31.7 Å². The maximum absolute atomic E-state index is 12.9. The Bertz CT molecular complexity index is 585. The first-order valence-corrected chi connectivity index (χ1v) is 8.74. The molecule has 0 saturated carbocycles. The Morgan fingerprint density at radius 3 is 2.81 bits per heavy atom. The second-order valence-corrected chi connectivity index (χ2v) is 7.33. The molecule has 1 atom stereocenters. The average molecular weight is 313 g/mol. The van der Waals surface area contributed by atoms with Crippen LogP contribution in [0.2, 0.25) is 0 Å². The van der Waals surface area contributed by atoms with Crippen molar-refractivity contribution in [2.45, 2.75) is 37.7 Å². The lowest BCUT2D eigenvalue weighted by Gasteiger charge is -2.31. The minimum absolute atomic E-state index is 0.147. The number of aliphatic hydroxyl groups excluding tert-OH is 1. The monoisotopic (exact) mass is 313 g/mol. The Morgan fingerprint density at radius 2 is 2.19 bits per heavy atom. The molecule has 1 N–H and O–H groups in total. The third-order valence-corrected chi connectivity index (χ3v) is 5.97. The molecule has 21 heavy (non-hydrogen) atoms. The topological polar surface area (TPSA) is 66.8 Å². The molecule has 0 radical (unpaired) electrons. The molecule has 1 fully saturated rings. The molecule has 1 aliphatic heterocycles. The number of benzene rings is 1. The maximum atomic E-state index is 12.9. The molecule has 5 nitrogen and oxygen atoms in total. The van der Waals surface area contributed by atoms with Crippen LogP contribution in [0.15, 0.2) is 23.1 Å². The molecule has 1 unspecified atom stereocenters. The molecule has 0 aromatic heterocycles. The first-order chi connectivity index (χ1) is 10.0. The van der Waals surface area contributed by atoms with Gasteiger partial charge in [-0.25, -0.2) is 8.42 Å². The van der Waals surface area contributed by atoms with Crippen LogP contribution in [-0.2, 0) is 16.6 Å². The molecule has 0 amide bonds. The van der Waals surface area contributed by atoms with Crippen LogP contribution in [0.3, 0.4) is 0 Å². The van der Waals surface area contributed by atoms with Crippen molar-refractivity contribution in [3.8, 4) is 5.75 Å². The summed E-state index contributed by atoms with van der Waals surface area (Å²) >= 11 is 0. The number of aliphatic hydroxyl groups is 1. The van der Waals surface area contributed by atoms with E-state index in [1.807, 2.05) is 0 Å². The van der Waals surface area contributed by atoms with Gasteiger partial charge in [0.1, 0.15) is 10.6 Å². The maximum Gasteiger partial charge on any atom is 0.246 e. The number of nitrogens with zero attached hydrogens (tertiary/aromatic N) is 1. The summed E-state index contributed by atoms with van der Waals surface area (Å²) in [5.41, 5.74) is 0.568. The third-order valence-electron chi connectivity index (χ3n) is 4.09. The molecule has 1 aliphatic rings. The summed E-state index contributed by atoms with van der Waals surface area (Å²) in [5, 5.41) is 9.23. The smallest absolute Gasteiger partial charge is 0.246 e. The van der Waals surface area contributed by atoms with Crippen LogP contribution in [0.25, 0.3) is 0 Å². The molecule has 1 aromatic rings. The quantitative estimate of drug-likeness (QED) is 0.903. The van der Waals surface area contributed by atoms with E-state index in [-0.39, 0.29) is 11.5 Å². The van der Waals surface area contributed by atoms with Crippen LogP contribution < -0.4 is 4.74 Å². The van der Waals surface area contributed by atoms with Crippen LogP contribution >= 0.6 is 0 Å². The minimum atomic E-state index is -3.58. The van der Waals surface area contributed by atoms with Gasteiger partial charge in [-0.15, -0.1) is 0 Å². The van der Waals surface area contributed by atoms with Gasteiger partial charge in [0, 0.05) is 13.1 Å². The fourth-order valence-corrected chi connectivity index (χ4v) is 4.50. The number of rotatable bonds is 5. The highest BCUT2D eigenvalue weighted by Crippen LogP contribution is 2.31. The lowest BCUT2D eigenvalue weighted by molar-refractivity contribution is 0.260. The zero-order valence-electron chi connectivity index (χ0n) is 12.6. The van der Waals surface area contributed by atoms with Gasteiger partial charge < -0.3 is 9.84 Å². The second kappa shape index (κ2) is 6.77. The van der Waals surface area contributed by atoms with Crippen molar-refractivity contribution in [3.05, 3.63) is 23.8 Å². The van der Waals surface area contributed by atoms with Crippen molar-refractivity contribution in [1.82, 2.24) is 4.31 Å². The van der Waals surface area contributed by atoms with E-state index in [0.717, 1.165) is 19.3 Å². The fraction of sp³-hybridized carbons (Fsp3) is 0.600. The van der Waals surface area contributed by atoms with Crippen LogP contribution in [0.4, 0.5) is 0 Å². The largest absolute Gasteiger partial charge is 0.495 e. The summed E-state index contributed by atoms with van der Waals surface area (Å²) in [6, 6.07) is 4.77. The Kier molecular flexibility index (Phi) is 5.24. The Hall–Kier alpha value is -1.11. The lowest BCUT2D eigenvalue weighted by atomic mass is 9.97.